The summed E-state index contributed by atoms with van der Waals surface area (Å²) in [4.78, 5) is 16.5. The molecule has 27 heavy (non-hydrogen) atoms. The Hall–Kier alpha value is -1.47. The van der Waals surface area contributed by atoms with Gasteiger partial charge in [0.25, 0.3) is 0 Å². The van der Waals surface area contributed by atoms with E-state index in [1.807, 2.05) is 36.4 Å². The second-order valence-corrected chi connectivity index (χ2v) is 7.89. The molecule has 1 aliphatic rings. The standard InChI is InChI=1S/C20H22BrClFN3O/c21-17-6-3-5-16(20(17)23)13-25-8-10-26(11-9-25)14-19(27)24-12-15-4-1-2-7-18(15)22/h1-7H,8-14H2,(H,24,27). The van der Waals surface area contributed by atoms with Crippen LogP contribution in [0.2, 0.25) is 5.02 Å². The molecule has 0 saturated carbocycles. The number of nitrogens with zero attached hydrogens (tertiary/aromatic N) is 2. The zero-order valence-corrected chi connectivity index (χ0v) is 17.3. The van der Waals surface area contributed by atoms with E-state index >= 15 is 0 Å². The van der Waals surface area contributed by atoms with E-state index in [-0.39, 0.29) is 11.7 Å². The van der Waals surface area contributed by atoms with Crippen molar-refractivity contribution in [2.24, 2.45) is 0 Å². The van der Waals surface area contributed by atoms with Crippen LogP contribution < -0.4 is 5.32 Å². The van der Waals surface area contributed by atoms with Gasteiger partial charge >= 0.3 is 0 Å². The molecule has 0 aliphatic carbocycles. The Morgan fingerprint density at radius 3 is 2.44 bits per heavy atom. The molecule has 0 unspecified atom stereocenters. The molecular formula is C20H22BrClFN3O. The van der Waals surface area contributed by atoms with Crippen LogP contribution in [0.5, 0.6) is 0 Å². The fourth-order valence-corrected chi connectivity index (χ4v) is 3.72. The van der Waals surface area contributed by atoms with Gasteiger partial charge in [0.15, 0.2) is 0 Å². The average molecular weight is 455 g/mol. The van der Waals surface area contributed by atoms with Gasteiger partial charge in [-0.2, -0.15) is 0 Å². The zero-order chi connectivity index (χ0) is 19.2. The van der Waals surface area contributed by atoms with Gasteiger partial charge in [-0.05, 0) is 33.6 Å². The van der Waals surface area contributed by atoms with Gasteiger partial charge in [-0.3, -0.25) is 14.6 Å². The monoisotopic (exact) mass is 453 g/mol. The second kappa shape index (κ2) is 9.64. The maximum Gasteiger partial charge on any atom is 0.234 e. The van der Waals surface area contributed by atoms with E-state index in [0.29, 0.717) is 34.7 Å². The second-order valence-electron chi connectivity index (χ2n) is 6.63. The van der Waals surface area contributed by atoms with E-state index in [2.05, 4.69) is 31.0 Å². The molecule has 1 saturated heterocycles. The first-order valence-corrected chi connectivity index (χ1v) is 10.1. The van der Waals surface area contributed by atoms with E-state index < -0.39 is 0 Å². The first kappa shape index (κ1) is 20.3. The third-order valence-electron chi connectivity index (χ3n) is 4.69. The van der Waals surface area contributed by atoms with Crippen molar-refractivity contribution >= 4 is 33.4 Å². The molecule has 1 amide bonds. The van der Waals surface area contributed by atoms with Gasteiger partial charge in [0.2, 0.25) is 5.91 Å². The van der Waals surface area contributed by atoms with Crippen LogP contribution in [-0.4, -0.2) is 48.4 Å². The molecule has 0 spiro atoms. The van der Waals surface area contributed by atoms with Crippen LogP contribution in [0.3, 0.4) is 0 Å². The maximum atomic E-state index is 14.1. The molecule has 7 heteroatoms. The summed E-state index contributed by atoms with van der Waals surface area (Å²) >= 11 is 9.34. The minimum Gasteiger partial charge on any atom is -0.351 e. The summed E-state index contributed by atoms with van der Waals surface area (Å²) in [6.07, 6.45) is 0. The molecule has 2 aromatic carbocycles. The normalized spacial score (nSPS) is 15.7. The van der Waals surface area contributed by atoms with Crippen LogP contribution in [0, 0.1) is 5.82 Å². The van der Waals surface area contributed by atoms with Crippen molar-refractivity contribution in [2.45, 2.75) is 13.1 Å². The van der Waals surface area contributed by atoms with Crippen molar-refractivity contribution in [3.8, 4) is 0 Å². The number of amides is 1. The lowest BCUT2D eigenvalue weighted by atomic mass is 10.2. The maximum absolute atomic E-state index is 14.1. The molecule has 4 nitrogen and oxygen atoms in total. The molecule has 1 aliphatic heterocycles. The van der Waals surface area contributed by atoms with Crippen LogP contribution in [0.4, 0.5) is 4.39 Å². The summed E-state index contributed by atoms with van der Waals surface area (Å²) in [5.74, 6) is -0.208. The molecule has 1 N–H and O–H groups in total. The van der Waals surface area contributed by atoms with Crippen molar-refractivity contribution < 1.29 is 9.18 Å². The third kappa shape index (κ3) is 5.75. The van der Waals surface area contributed by atoms with Crippen LogP contribution in [-0.2, 0) is 17.9 Å². The number of benzene rings is 2. The minimum atomic E-state index is -0.195. The van der Waals surface area contributed by atoms with Crippen LogP contribution in [0.25, 0.3) is 0 Å². The van der Waals surface area contributed by atoms with Gasteiger partial charge in [0, 0.05) is 49.9 Å². The van der Waals surface area contributed by atoms with Gasteiger partial charge < -0.3 is 5.32 Å². The van der Waals surface area contributed by atoms with Crippen LogP contribution >= 0.6 is 27.5 Å². The fraction of sp³-hybridized carbons (Fsp3) is 0.350. The largest absolute Gasteiger partial charge is 0.351 e. The van der Waals surface area contributed by atoms with E-state index in [0.717, 1.165) is 31.7 Å². The van der Waals surface area contributed by atoms with E-state index in [1.54, 1.807) is 6.07 Å². The lowest BCUT2D eigenvalue weighted by Gasteiger charge is -2.34. The highest BCUT2D eigenvalue weighted by Gasteiger charge is 2.20. The summed E-state index contributed by atoms with van der Waals surface area (Å²) in [5.41, 5.74) is 1.60. The lowest BCUT2D eigenvalue weighted by Crippen LogP contribution is -2.49. The molecule has 1 fully saturated rings. The van der Waals surface area contributed by atoms with E-state index in [9.17, 15) is 9.18 Å². The topological polar surface area (TPSA) is 35.6 Å². The Kier molecular flexibility index (Phi) is 7.24. The molecule has 3 rings (SSSR count). The highest BCUT2D eigenvalue weighted by molar-refractivity contribution is 9.10. The van der Waals surface area contributed by atoms with Crippen molar-refractivity contribution in [2.75, 3.05) is 32.7 Å². The number of rotatable bonds is 6. The number of halogens is 3. The first-order chi connectivity index (χ1) is 13.0. The summed E-state index contributed by atoms with van der Waals surface area (Å²) in [6, 6.07) is 12.9. The van der Waals surface area contributed by atoms with Gasteiger partial charge in [0.1, 0.15) is 5.82 Å². The smallest absolute Gasteiger partial charge is 0.234 e. The molecule has 0 bridgehead atoms. The number of nitrogens with one attached hydrogen (secondary N) is 1. The molecule has 0 radical (unpaired) electrons. The molecule has 2 aromatic rings. The number of hydrogen-bond acceptors (Lipinski definition) is 3. The molecule has 1 heterocycles. The van der Waals surface area contributed by atoms with Crippen molar-refractivity contribution in [1.29, 1.82) is 0 Å². The van der Waals surface area contributed by atoms with Crippen molar-refractivity contribution in [3.63, 3.8) is 0 Å². The summed E-state index contributed by atoms with van der Waals surface area (Å²) < 4.78 is 14.6. The molecule has 144 valence electrons. The quantitative estimate of drug-likeness (QED) is 0.723. The first-order valence-electron chi connectivity index (χ1n) is 8.90. The predicted molar refractivity (Wildman–Crippen MR) is 109 cm³/mol. The van der Waals surface area contributed by atoms with E-state index in [1.165, 1.54) is 0 Å². The van der Waals surface area contributed by atoms with Crippen molar-refractivity contribution in [1.82, 2.24) is 15.1 Å². The Morgan fingerprint density at radius 2 is 1.70 bits per heavy atom. The molecular weight excluding hydrogens is 433 g/mol. The van der Waals surface area contributed by atoms with Crippen LogP contribution in [0.1, 0.15) is 11.1 Å². The SMILES string of the molecule is O=C(CN1CCN(Cc2cccc(Br)c2F)CC1)NCc1ccccc1Cl. The van der Waals surface area contributed by atoms with E-state index in [4.69, 9.17) is 11.6 Å². The Labute approximate surface area is 172 Å². The average Bonchev–Trinajstić information content (AvgIpc) is 2.66. The summed E-state index contributed by atoms with van der Waals surface area (Å²) in [7, 11) is 0. The number of hydrogen-bond donors (Lipinski definition) is 1. The van der Waals surface area contributed by atoms with Gasteiger partial charge in [-0.1, -0.05) is 41.9 Å². The summed E-state index contributed by atoms with van der Waals surface area (Å²) in [6.45, 7) is 4.57. The molecule has 0 aromatic heterocycles. The van der Waals surface area contributed by atoms with Gasteiger partial charge in [-0.25, -0.2) is 4.39 Å². The van der Waals surface area contributed by atoms with Crippen LogP contribution in [0.15, 0.2) is 46.9 Å². The van der Waals surface area contributed by atoms with Gasteiger partial charge in [0.05, 0.1) is 11.0 Å². The van der Waals surface area contributed by atoms with Gasteiger partial charge in [-0.15, -0.1) is 0 Å². The number of carbonyl (C=O) groups excluding carboxylic acids is 1. The minimum absolute atomic E-state index is 0.0126. The molecule has 0 atom stereocenters. The third-order valence-corrected chi connectivity index (χ3v) is 5.67. The number of carbonyl (C=O) groups is 1. The Morgan fingerprint density at radius 1 is 1.04 bits per heavy atom. The predicted octanol–water partition coefficient (Wildman–Crippen LogP) is 3.68. The highest BCUT2D eigenvalue weighted by Crippen LogP contribution is 2.20. The lowest BCUT2D eigenvalue weighted by molar-refractivity contribution is -0.122. The fourth-order valence-electron chi connectivity index (χ4n) is 3.11. The number of piperazine rings is 1. The Balaban J connectivity index is 1.42. The zero-order valence-electron chi connectivity index (χ0n) is 14.9. The Bertz CT molecular complexity index is 797. The highest BCUT2D eigenvalue weighted by atomic mass is 79.9. The van der Waals surface area contributed by atoms with Crippen molar-refractivity contribution in [3.05, 3.63) is 68.9 Å². The summed E-state index contributed by atoms with van der Waals surface area (Å²) in [5, 5.41) is 3.58.